The molecular formula is C17H16ClF3N2O3S. The molecule has 0 saturated heterocycles. The van der Waals surface area contributed by atoms with Crippen molar-refractivity contribution in [1.29, 1.82) is 0 Å². The van der Waals surface area contributed by atoms with Crippen molar-refractivity contribution in [3.05, 3.63) is 58.6 Å². The van der Waals surface area contributed by atoms with E-state index in [-0.39, 0.29) is 5.02 Å². The van der Waals surface area contributed by atoms with Crippen molar-refractivity contribution in [1.82, 2.24) is 0 Å². The van der Waals surface area contributed by atoms with Gasteiger partial charge in [0.2, 0.25) is 15.9 Å². The minimum absolute atomic E-state index is 0.225. The standard InChI is InChI=1S/C17H16ClF3N2O3S/c1-11-3-6-13(7-4-11)22-16(24)10-23(27(2,25)26)15-9-12(17(19,20)21)5-8-14(15)18/h3-9H,10H2,1-2H3,(H,22,24). The Morgan fingerprint density at radius 1 is 1.15 bits per heavy atom. The van der Waals surface area contributed by atoms with E-state index in [1.54, 1.807) is 24.3 Å². The molecule has 2 aromatic carbocycles. The van der Waals surface area contributed by atoms with Gasteiger partial charge < -0.3 is 5.32 Å². The van der Waals surface area contributed by atoms with E-state index in [0.717, 1.165) is 24.0 Å². The molecule has 0 aliphatic carbocycles. The lowest BCUT2D eigenvalue weighted by atomic mass is 10.2. The van der Waals surface area contributed by atoms with Crippen molar-refractivity contribution >= 4 is 38.9 Å². The van der Waals surface area contributed by atoms with Gasteiger partial charge in [-0.05, 0) is 37.3 Å². The molecule has 0 radical (unpaired) electrons. The molecule has 0 bridgehead atoms. The maximum Gasteiger partial charge on any atom is 0.416 e. The Balaban J connectivity index is 2.34. The molecule has 0 aliphatic heterocycles. The normalized spacial score (nSPS) is 11.9. The van der Waals surface area contributed by atoms with Crippen LogP contribution in [0.3, 0.4) is 0 Å². The second kappa shape index (κ2) is 7.77. The SMILES string of the molecule is Cc1ccc(NC(=O)CN(c2cc(C(F)(F)F)ccc2Cl)S(C)(=O)=O)cc1. The van der Waals surface area contributed by atoms with Crippen LogP contribution in [0.4, 0.5) is 24.5 Å². The molecule has 0 aromatic heterocycles. The number of anilines is 2. The topological polar surface area (TPSA) is 66.5 Å². The van der Waals surface area contributed by atoms with Crippen molar-refractivity contribution in [2.24, 2.45) is 0 Å². The fourth-order valence-electron chi connectivity index (χ4n) is 2.23. The third kappa shape index (κ3) is 5.61. The predicted molar refractivity (Wildman–Crippen MR) is 98.5 cm³/mol. The number of carbonyl (C=O) groups is 1. The fourth-order valence-corrected chi connectivity index (χ4v) is 3.36. The number of alkyl halides is 3. The number of sulfonamides is 1. The number of rotatable bonds is 5. The van der Waals surface area contributed by atoms with Gasteiger partial charge in [-0.15, -0.1) is 0 Å². The molecule has 2 rings (SSSR count). The smallest absolute Gasteiger partial charge is 0.325 e. The van der Waals surface area contributed by atoms with Crippen LogP contribution in [-0.4, -0.2) is 27.1 Å². The van der Waals surface area contributed by atoms with Crippen LogP contribution in [-0.2, 0) is 21.0 Å². The van der Waals surface area contributed by atoms with Crippen molar-refractivity contribution in [2.75, 3.05) is 22.4 Å². The van der Waals surface area contributed by atoms with Gasteiger partial charge in [0.05, 0.1) is 22.5 Å². The molecular weight excluding hydrogens is 405 g/mol. The lowest BCUT2D eigenvalue weighted by Gasteiger charge is -2.24. The summed E-state index contributed by atoms with van der Waals surface area (Å²) < 4.78 is 63.6. The maximum absolute atomic E-state index is 13.0. The minimum atomic E-state index is -4.69. The number of nitrogens with one attached hydrogen (secondary N) is 1. The van der Waals surface area contributed by atoms with E-state index in [1.165, 1.54) is 0 Å². The highest BCUT2D eigenvalue weighted by atomic mass is 35.5. The van der Waals surface area contributed by atoms with Gasteiger partial charge in [-0.3, -0.25) is 9.10 Å². The molecule has 0 spiro atoms. The first-order valence-corrected chi connectivity index (χ1v) is 9.81. The first-order chi connectivity index (χ1) is 12.4. The number of halogens is 4. The molecule has 146 valence electrons. The second-order valence-corrected chi connectivity index (χ2v) is 8.16. The second-order valence-electron chi connectivity index (χ2n) is 5.85. The van der Waals surface area contributed by atoms with Gasteiger partial charge in [-0.2, -0.15) is 13.2 Å². The first kappa shape index (κ1) is 21.0. The molecule has 0 aliphatic rings. The van der Waals surface area contributed by atoms with Crippen LogP contribution in [0.15, 0.2) is 42.5 Å². The Kier molecular flexibility index (Phi) is 6.06. The first-order valence-electron chi connectivity index (χ1n) is 7.59. The predicted octanol–water partition coefficient (Wildman–Crippen LogP) is 4.07. The summed E-state index contributed by atoms with van der Waals surface area (Å²) in [6, 6.07) is 9.00. The van der Waals surface area contributed by atoms with Gasteiger partial charge in [0, 0.05) is 5.69 Å². The van der Waals surface area contributed by atoms with E-state index in [2.05, 4.69) is 5.32 Å². The molecule has 0 heterocycles. The Hall–Kier alpha value is -2.26. The van der Waals surface area contributed by atoms with Crippen LogP contribution in [0.1, 0.15) is 11.1 Å². The molecule has 0 atom stereocenters. The van der Waals surface area contributed by atoms with E-state index >= 15 is 0 Å². The van der Waals surface area contributed by atoms with Gasteiger partial charge in [0.15, 0.2) is 0 Å². The lowest BCUT2D eigenvalue weighted by molar-refractivity contribution is -0.137. The molecule has 0 fully saturated rings. The molecule has 27 heavy (non-hydrogen) atoms. The summed E-state index contributed by atoms with van der Waals surface area (Å²) in [4.78, 5) is 12.2. The van der Waals surface area contributed by atoms with Crippen LogP contribution in [0.2, 0.25) is 5.02 Å². The highest BCUT2D eigenvalue weighted by Gasteiger charge is 2.33. The molecule has 1 N–H and O–H groups in total. The van der Waals surface area contributed by atoms with Gasteiger partial charge in [0.25, 0.3) is 0 Å². The Bertz CT molecular complexity index is 945. The number of amides is 1. The third-order valence-electron chi connectivity index (χ3n) is 3.57. The van der Waals surface area contributed by atoms with E-state index in [9.17, 15) is 26.4 Å². The summed E-state index contributed by atoms with van der Waals surface area (Å²) in [6.07, 6.45) is -3.91. The maximum atomic E-state index is 13.0. The average Bonchev–Trinajstić information content (AvgIpc) is 2.53. The van der Waals surface area contributed by atoms with Crippen LogP contribution in [0.25, 0.3) is 0 Å². The minimum Gasteiger partial charge on any atom is -0.325 e. The van der Waals surface area contributed by atoms with Gasteiger partial charge in [-0.1, -0.05) is 29.3 Å². The number of benzene rings is 2. The largest absolute Gasteiger partial charge is 0.416 e. The van der Waals surface area contributed by atoms with Crippen LogP contribution in [0.5, 0.6) is 0 Å². The van der Waals surface area contributed by atoms with Gasteiger partial charge in [-0.25, -0.2) is 8.42 Å². The number of aryl methyl sites for hydroxylation is 1. The molecule has 2 aromatic rings. The van der Waals surface area contributed by atoms with Crippen molar-refractivity contribution in [3.8, 4) is 0 Å². The van der Waals surface area contributed by atoms with Crippen LogP contribution < -0.4 is 9.62 Å². The highest BCUT2D eigenvalue weighted by Crippen LogP contribution is 2.36. The molecule has 0 unspecified atom stereocenters. The lowest BCUT2D eigenvalue weighted by Crippen LogP contribution is -2.37. The van der Waals surface area contributed by atoms with E-state index in [0.29, 0.717) is 16.1 Å². The summed E-state index contributed by atoms with van der Waals surface area (Å²) in [7, 11) is -4.08. The van der Waals surface area contributed by atoms with Crippen LogP contribution >= 0.6 is 11.6 Å². The summed E-state index contributed by atoms with van der Waals surface area (Å²) in [5, 5.41) is 2.27. The third-order valence-corrected chi connectivity index (χ3v) is 5.01. The van der Waals surface area contributed by atoms with Crippen molar-refractivity contribution < 1.29 is 26.4 Å². The molecule has 1 amide bonds. The summed E-state index contributed by atoms with van der Waals surface area (Å²) >= 11 is 5.90. The van der Waals surface area contributed by atoms with E-state index in [4.69, 9.17) is 11.6 Å². The summed E-state index contributed by atoms with van der Waals surface area (Å²) in [5.74, 6) is -0.724. The van der Waals surface area contributed by atoms with Crippen LogP contribution in [0, 0.1) is 6.92 Å². The zero-order valence-electron chi connectivity index (χ0n) is 14.3. The number of hydrogen-bond acceptors (Lipinski definition) is 3. The van der Waals surface area contributed by atoms with E-state index in [1.807, 2.05) is 6.92 Å². The number of hydrogen-bond donors (Lipinski definition) is 1. The van der Waals surface area contributed by atoms with Gasteiger partial charge in [0.1, 0.15) is 6.54 Å². The quantitative estimate of drug-likeness (QED) is 0.792. The Morgan fingerprint density at radius 3 is 2.26 bits per heavy atom. The Labute approximate surface area is 159 Å². The van der Waals surface area contributed by atoms with Crippen molar-refractivity contribution in [3.63, 3.8) is 0 Å². The Morgan fingerprint density at radius 2 is 1.74 bits per heavy atom. The van der Waals surface area contributed by atoms with Gasteiger partial charge >= 0.3 is 6.18 Å². The zero-order chi connectivity index (χ0) is 20.4. The molecule has 10 heteroatoms. The van der Waals surface area contributed by atoms with Crippen molar-refractivity contribution in [2.45, 2.75) is 13.1 Å². The number of carbonyl (C=O) groups excluding carboxylic acids is 1. The zero-order valence-corrected chi connectivity index (χ0v) is 15.9. The monoisotopic (exact) mass is 420 g/mol. The van der Waals surface area contributed by atoms with E-state index < -0.39 is 39.9 Å². The summed E-state index contributed by atoms with van der Waals surface area (Å²) in [5.41, 5.74) is -0.113. The summed E-state index contributed by atoms with van der Waals surface area (Å²) in [6.45, 7) is 1.13. The highest BCUT2D eigenvalue weighted by molar-refractivity contribution is 7.92. The fraction of sp³-hybridized carbons (Fsp3) is 0.235. The number of nitrogens with zero attached hydrogens (tertiary/aromatic N) is 1. The average molecular weight is 421 g/mol. The molecule has 5 nitrogen and oxygen atoms in total. The molecule has 0 saturated carbocycles.